The third kappa shape index (κ3) is 3.74. The predicted molar refractivity (Wildman–Crippen MR) is 91.9 cm³/mol. The van der Waals surface area contributed by atoms with Crippen LogP contribution in [-0.4, -0.2) is 28.8 Å². The van der Waals surface area contributed by atoms with E-state index in [2.05, 4.69) is 9.84 Å². The van der Waals surface area contributed by atoms with Crippen LogP contribution < -0.4 is 5.12 Å². The molecule has 0 bridgehead atoms. The molecule has 2 heterocycles. The number of thiophene rings is 1. The number of methoxy groups -OCH3 is 1. The number of halogens is 1. The van der Waals surface area contributed by atoms with Crippen molar-refractivity contribution in [3.8, 4) is 10.6 Å². The van der Waals surface area contributed by atoms with Crippen molar-refractivity contribution >= 4 is 28.9 Å². The molecular formula is C17H14FN3O3S. The van der Waals surface area contributed by atoms with Crippen LogP contribution in [0.3, 0.4) is 0 Å². The fraction of sp³-hybridized carbons (Fsp3) is 0.118. The summed E-state index contributed by atoms with van der Waals surface area (Å²) in [6.07, 6.45) is 1.59. The van der Waals surface area contributed by atoms with Gasteiger partial charge < -0.3 is 4.74 Å². The van der Waals surface area contributed by atoms with Crippen molar-refractivity contribution in [2.24, 2.45) is 0 Å². The molecule has 0 aliphatic carbocycles. The zero-order valence-electron chi connectivity index (χ0n) is 13.3. The van der Waals surface area contributed by atoms with Crippen LogP contribution in [0.4, 0.5) is 10.2 Å². The van der Waals surface area contributed by atoms with Crippen molar-refractivity contribution < 1.29 is 18.8 Å². The molecule has 0 unspecified atom stereocenters. The average Bonchev–Trinajstić information content (AvgIpc) is 3.30. The number of benzene rings is 1. The van der Waals surface area contributed by atoms with Gasteiger partial charge in [0.25, 0.3) is 5.91 Å². The maximum Gasteiger partial charge on any atom is 0.348 e. The highest BCUT2D eigenvalue weighted by atomic mass is 32.1. The van der Waals surface area contributed by atoms with E-state index in [-0.39, 0.29) is 17.4 Å². The summed E-state index contributed by atoms with van der Waals surface area (Å²) in [5, 5.41) is 4.35. The monoisotopic (exact) mass is 359 g/mol. The fourth-order valence-corrected chi connectivity index (χ4v) is 3.06. The summed E-state index contributed by atoms with van der Waals surface area (Å²) in [6.45, 7) is -0.235. The van der Waals surface area contributed by atoms with Gasteiger partial charge in [-0.05, 0) is 30.3 Å². The Morgan fingerprint density at radius 2 is 1.96 bits per heavy atom. The van der Waals surface area contributed by atoms with Crippen LogP contribution in [0.15, 0.2) is 54.7 Å². The molecule has 0 aliphatic rings. The largest absolute Gasteiger partial charge is 0.465 e. The summed E-state index contributed by atoms with van der Waals surface area (Å²) >= 11 is 1.23. The van der Waals surface area contributed by atoms with Crippen LogP contribution in [0.2, 0.25) is 0 Å². The molecule has 0 fully saturated rings. The first kappa shape index (κ1) is 16.8. The number of ether oxygens (including phenoxy) is 1. The lowest BCUT2D eigenvalue weighted by atomic mass is 10.3. The minimum atomic E-state index is -0.734. The molecule has 3 rings (SSSR count). The minimum absolute atomic E-state index is 0.0991. The van der Waals surface area contributed by atoms with Crippen molar-refractivity contribution in [3.63, 3.8) is 0 Å². The van der Waals surface area contributed by atoms with Crippen molar-refractivity contribution in [2.45, 2.75) is 6.54 Å². The van der Waals surface area contributed by atoms with Crippen LogP contribution in [0.1, 0.15) is 9.67 Å². The molecule has 6 nitrogen and oxygen atoms in total. The second kappa shape index (κ2) is 7.27. The van der Waals surface area contributed by atoms with E-state index < -0.39 is 11.9 Å². The Hall–Kier alpha value is -3.00. The molecule has 0 aliphatic heterocycles. The van der Waals surface area contributed by atoms with Crippen molar-refractivity contribution in [3.05, 3.63) is 59.6 Å². The number of anilines is 1. The summed E-state index contributed by atoms with van der Waals surface area (Å²) in [6, 6.07) is 13.1. The summed E-state index contributed by atoms with van der Waals surface area (Å²) in [4.78, 5) is 24.7. The van der Waals surface area contributed by atoms with Gasteiger partial charge in [0.05, 0.1) is 17.7 Å². The second-order valence-corrected chi connectivity index (χ2v) is 6.15. The SMILES string of the molecule is COC(=O)c1ccc(-c2ccn(CC(=O)N(F)c3ccccc3)n2)s1. The zero-order chi connectivity index (χ0) is 17.8. The quantitative estimate of drug-likeness (QED) is 0.518. The number of rotatable bonds is 5. The molecule has 0 radical (unpaired) electrons. The molecule has 0 atom stereocenters. The molecule has 1 amide bonds. The maximum atomic E-state index is 14.1. The minimum Gasteiger partial charge on any atom is -0.465 e. The third-order valence-corrected chi connectivity index (χ3v) is 4.47. The van der Waals surface area contributed by atoms with E-state index in [0.29, 0.717) is 10.6 Å². The molecular weight excluding hydrogens is 345 g/mol. The summed E-state index contributed by atoms with van der Waals surface area (Å²) < 4.78 is 20.1. The van der Waals surface area contributed by atoms with Crippen molar-refractivity contribution in [2.75, 3.05) is 12.2 Å². The van der Waals surface area contributed by atoms with E-state index in [1.165, 1.54) is 35.3 Å². The van der Waals surface area contributed by atoms with Crippen molar-refractivity contribution in [1.29, 1.82) is 0 Å². The number of hydrogen-bond donors (Lipinski definition) is 0. The molecule has 3 aromatic rings. The molecule has 25 heavy (non-hydrogen) atoms. The van der Waals surface area contributed by atoms with Crippen LogP contribution in [0.5, 0.6) is 0 Å². The number of hydrogen-bond acceptors (Lipinski definition) is 5. The second-order valence-electron chi connectivity index (χ2n) is 5.06. The van der Waals surface area contributed by atoms with Gasteiger partial charge in [-0.25, -0.2) is 4.79 Å². The Morgan fingerprint density at radius 1 is 1.20 bits per heavy atom. The summed E-state index contributed by atoms with van der Waals surface area (Å²) in [7, 11) is 1.32. The van der Waals surface area contributed by atoms with Crippen molar-refractivity contribution in [1.82, 2.24) is 9.78 Å². The molecule has 0 spiro atoms. The van der Waals surface area contributed by atoms with E-state index in [9.17, 15) is 14.1 Å². The molecule has 1 aromatic carbocycles. The maximum absolute atomic E-state index is 14.1. The first-order chi connectivity index (χ1) is 12.1. The number of para-hydroxylation sites is 1. The first-order valence-electron chi connectivity index (χ1n) is 7.34. The van der Waals surface area contributed by atoms with Gasteiger partial charge in [-0.15, -0.1) is 16.5 Å². The summed E-state index contributed by atoms with van der Waals surface area (Å²) in [5.74, 6) is -1.15. The average molecular weight is 359 g/mol. The molecule has 128 valence electrons. The highest BCUT2D eigenvalue weighted by molar-refractivity contribution is 7.17. The molecule has 0 saturated carbocycles. The van der Waals surface area contributed by atoms with Gasteiger partial charge in [-0.3, -0.25) is 9.48 Å². The zero-order valence-corrected chi connectivity index (χ0v) is 14.1. The highest BCUT2D eigenvalue weighted by Crippen LogP contribution is 2.27. The first-order valence-corrected chi connectivity index (χ1v) is 8.16. The standard InChI is InChI=1S/C17H14FN3O3S/c1-24-17(23)15-8-7-14(25-15)13-9-10-20(19-13)11-16(22)21(18)12-5-3-2-4-6-12/h2-10H,11H2,1H3. The van der Waals surface area contributed by atoms with E-state index in [1.54, 1.807) is 42.6 Å². The van der Waals surface area contributed by atoms with E-state index in [0.717, 1.165) is 4.88 Å². The van der Waals surface area contributed by atoms with E-state index >= 15 is 0 Å². The number of amides is 1. The molecule has 0 saturated heterocycles. The van der Waals surface area contributed by atoms with Gasteiger partial charge in [-0.1, -0.05) is 22.7 Å². The number of esters is 1. The van der Waals surface area contributed by atoms with Crippen LogP contribution in [-0.2, 0) is 16.1 Å². The lowest BCUT2D eigenvalue weighted by Gasteiger charge is -2.11. The fourth-order valence-electron chi connectivity index (χ4n) is 2.17. The van der Waals surface area contributed by atoms with Crippen LogP contribution in [0.25, 0.3) is 10.6 Å². The van der Waals surface area contributed by atoms with Gasteiger partial charge in [-0.2, -0.15) is 5.10 Å². The van der Waals surface area contributed by atoms with Gasteiger partial charge >= 0.3 is 5.97 Å². The van der Waals surface area contributed by atoms with Gasteiger partial charge in [0.1, 0.15) is 17.1 Å². The Bertz CT molecular complexity index is 891. The summed E-state index contributed by atoms with van der Waals surface area (Å²) in [5.41, 5.74) is 0.763. The predicted octanol–water partition coefficient (Wildman–Crippen LogP) is 3.32. The molecule has 0 N–H and O–H groups in total. The van der Waals surface area contributed by atoms with Crippen LogP contribution in [0, 0.1) is 0 Å². The Kier molecular flexibility index (Phi) is 4.90. The number of carbonyl (C=O) groups excluding carboxylic acids is 2. The highest BCUT2D eigenvalue weighted by Gasteiger charge is 2.17. The number of carbonyl (C=O) groups is 2. The lowest BCUT2D eigenvalue weighted by Crippen LogP contribution is -2.26. The third-order valence-electron chi connectivity index (χ3n) is 3.38. The Morgan fingerprint density at radius 3 is 2.68 bits per heavy atom. The van der Waals surface area contributed by atoms with E-state index in [1.807, 2.05) is 0 Å². The smallest absolute Gasteiger partial charge is 0.348 e. The Labute approximate surface area is 147 Å². The lowest BCUT2D eigenvalue weighted by molar-refractivity contribution is -0.122. The topological polar surface area (TPSA) is 64.4 Å². The number of nitrogens with zero attached hydrogens (tertiary/aromatic N) is 3. The van der Waals surface area contributed by atoms with Gasteiger partial charge in [0.2, 0.25) is 0 Å². The Balaban J connectivity index is 1.70. The number of aromatic nitrogens is 2. The van der Waals surface area contributed by atoms with Crippen LogP contribution >= 0.6 is 11.3 Å². The van der Waals surface area contributed by atoms with E-state index in [4.69, 9.17) is 0 Å². The normalized spacial score (nSPS) is 10.5. The van der Waals surface area contributed by atoms with Gasteiger partial charge in [0.15, 0.2) is 0 Å². The van der Waals surface area contributed by atoms with Gasteiger partial charge in [0, 0.05) is 6.20 Å². The molecule has 2 aromatic heterocycles. The molecule has 8 heteroatoms.